The molecule has 4 aromatic carbocycles. The van der Waals surface area contributed by atoms with Crippen LogP contribution in [0.15, 0.2) is 96.4 Å². The molecule has 2 amide bonds. The molecule has 0 aromatic heterocycles. The van der Waals surface area contributed by atoms with Crippen LogP contribution in [0.4, 0.5) is 9.18 Å². The number of carbonyl (C=O) groups is 2. The Morgan fingerprint density at radius 3 is 2.51 bits per heavy atom. The average molecular weight is 540 g/mol. The van der Waals surface area contributed by atoms with E-state index in [1.165, 1.54) is 17.0 Å². The molecule has 0 saturated carbocycles. The van der Waals surface area contributed by atoms with Gasteiger partial charge in [-0.25, -0.2) is 4.39 Å². The van der Waals surface area contributed by atoms with Crippen molar-refractivity contribution in [2.24, 2.45) is 0 Å². The number of allylic oxidation sites excluding steroid dienone is 1. The maximum Gasteiger partial charge on any atom is 0.293 e. The summed E-state index contributed by atoms with van der Waals surface area (Å²) in [4.78, 5) is 27.8. The van der Waals surface area contributed by atoms with Crippen molar-refractivity contribution in [3.8, 4) is 11.5 Å². The van der Waals surface area contributed by atoms with Crippen LogP contribution in [0.3, 0.4) is 0 Å². The maximum absolute atomic E-state index is 13.3. The Hall–Kier alpha value is -4.36. The van der Waals surface area contributed by atoms with Crippen LogP contribution in [0.5, 0.6) is 11.5 Å². The summed E-state index contributed by atoms with van der Waals surface area (Å²) in [6.45, 7) is 4.27. The standard InChI is InChI=1S/C32H26FNO4S/c1-3-7-24-16-22(17-28(37-2)30(24)38-20-21-12-14-26(33)15-13-21)18-29-31(35)34(32(36)39-29)19-25-10-6-9-23-8-4-5-11-27(23)25/h3-6,8-18H,1,7,19-20H2,2H3/b29-18+. The molecule has 1 aliphatic rings. The summed E-state index contributed by atoms with van der Waals surface area (Å²) in [6, 6.07) is 23.5. The lowest BCUT2D eigenvalue weighted by molar-refractivity contribution is -0.123. The molecule has 4 aromatic rings. The minimum absolute atomic E-state index is 0.199. The third kappa shape index (κ3) is 5.73. The molecule has 0 aliphatic carbocycles. The molecule has 1 fully saturated rings. The third-order valence-electron chi connectivity index (χ3n) is 6.41. The Balaban J connectivity index is 1.41. The predicted molar refractivity (Wildman–Crippen MR) is 153 cm³/mol. The Kier molecular flexibility index (Phi) is 7.79. The highest BCUT2D eigenvalue weighted by Crippen LogP contribution is 2.38. The Labute approximate surface area is 230 Å². The van der Waals surface area contributed by atoms with Gasteiger partial charge in [0.15, 0.2) is 11.5 Å². The quantitative estimate of drug-likeness (QED) is 0.163. The van der Waals surface area contributed by atoms with E-state index in [0.717, 1.165) is 39.2 Å². The molecule has 39 heavy (non-hydrogen) atoms. The second kappa shape index (κ2) is 11.6. The number of rotatable bonds is 9. The van der Waals surface area contributed by atoms with E-state index >= 15 is 0 Å². The lowest BCUT2D eigenvalue weighted by atomic mass is 10.0. The zero-order chi connectivity index (χ0) is 27.4. The molecule has 0 atom stereocenters. The van der Waals surface area contributed by atoms with Crippen LogP contribution in [-0.2, 0) is 24.4 Å². The number of hydrogen-bond acceptors (Lipinski definition) is 5. The molecule has 1 aliphatic heterocycles. The number of carbonyl (C=O) groups excluding carboxylic acids is 2. The Morgan fingerprint density at radius 2 is 1.74 bits per heavy atom. The van der Waals surface area contributed by atoms with Crippen LogP contribution in [0.2, 0.25) is 0 Å². The second-order valence-corrected chi connectivity index (χ2v) is 10.0. The van der Waals surface area contributed by atoms with Gasteiger partial charge in [-0.3, -0.25) is 14.5 Å². The first-order valence-electron chi connectivity index (χ1n) is 12.4. The van der Waals surface area contributed by atoms with Crippen molar-refractivity contribution in [1.29, 1.82) is 0 Å². The molecular formula is C32H26FNO4S. The van der Waals surface area contributed by atoms with Gasteiger partial charge < -0.3 is 9.47 Å². The fourth-order valence-electron chi connectivity index (χ4n) is 4.51. The monoisotopic (exact) mass is 539 g/mol. The van der Waals surface area contributed by atoms with E-state index in [0.29, 0.717) is 28.4 Å². The normalized spacial score (nSPS) is 14.3. The number of ether oxygens (including phenoxy) is 2. The molecule has 0 unspecified atom stereocenters. The van der Waals surface area contributed by atoms with Crippen molar-refractivity contribution in [2.75, 3.05) is 7.11 Å². The number of methoxy groups -OCH3 is 1. The molecule has 1 heterocycles. The summed E-state index contributed by atoms with van der Waals surface area (Å²) in [5, 5.41) is 1.76. The number of amides is 2. The van der Waals surface area contributed by atoms with Gasteiger partial charge in [-0.15, -0.1) is 6.58 Å². The first-order chi connectivity index (χ1) is 19.0. The third-order valence-corrected chi connectivity index (χ3v) is 7.32. The average Bonchev–Trinajstić information content (AvgIpc) is 3.20. The SMILES string of the molecule is C=CCc1cc(/C=C2/SC(=O)N(Cc3cccc4ccccc34)C2=O)cc(OC)c1OCc1ccc(F)cc1. The Morgan fingerprint density at radius 1 is 0.974 bits per heavy atom. The summed E-state index contributed by atoms with van der Waals surface area (Å²) in [5.74, 6) is 0.383. The van der Waals surface area contributed by atoms with Crippen LogP contribution in [0, 0.1) is 5.82 Å². The first-order valence-corrected chi connectivity index (χ1v) is 13.2. The highest BCUT2D eigenvalue weighted by atomic mass is 32.2. The van der Waals surface area contributed by atoms with Gasteiger partial charge in [0.25, 0.3) is 11.1 Å². The molecule has 0 radical (unpaired) electrons. The van der Waals surface area contributed by atoms with E-state index in [4.69, 9.17) is 9.47 Å². The van der Waals surface area contributed by atoms with E-state index in [2.05, 4.69) is 6.58 Å². The largest absolute Gasteiger partial charge is 0.493 e. The van der Waals surface area contributed by atoms with Crippen molar-refractivity contribution in [1.82, 2.24) is 4.90 Å². The van der Waals surface area contributed by atoms with Crippen molar-refractivity contribution >= 4 is 39.8 Å². The van der Waals surface area contributed by atoms with Crippen LogP contribution in [-0.4, -0.2) is 23.2 Å². The highest BCUT2D eigenvalue weighted by Gasteiger charge is 2.35. The molecule has 196 valence electrons. The number of nitrogens with zero attached hydrogens (tertiary/aromatic N) is 1. The van der Waals surface area contributed by atoms with Gasteiger partial charge >= 0.3 is 0 Å². The molecule has 5 rings (SSSR count). The smallest absolute Gasteiger partial charge is 0.293 e. The number of hydrogen-bond donors (Lipinski definition) is 0. The van der Waals surface area contributed by atoms with Crippen molar-refractivity contribution < 1.29 is 23.5 Å². The van der Waals surface area contributed by atoms with E-state index < -0.39 is 0 Å². The van der Waals surface area contributed by atoms with Crippen molar-refractivity contribution in [3.05, 3.63) is 124 Å². The first kappa shape index (κ1) is 26.3. The van der Waals surface area contributed by atoms with Gasteiger partial charge in [0.05, 0.1) is 18.6 Å². The highest BCUT2D eigenvalue weighted by molar-refractivity contribution is 8.18. The van der Waals surface area contributed by atoms with Crippen LogP contribution >= 0.6 is 11.8 Å². The summed E-state index contributed by atoms with van der Waals surface area (Å²) in [7, 11) is 1.54. The lowest BCUT2D eigenvalue weighted by Crippen LogP contribution is -2.27. The van der Waals surface area contributed by atoms with Gasteiger partial charge in [-0.05, 0) is 76.0 Å². The van der Waals surface area contributed by atoms with Gasteiger partial charge in [0.1, 0.15) is 12.4 Å². The van der Waals surface area contributed by atoms with E-state index in [-0.39, 0.29) is 30.1 Å². The van der Waals surface area contributed by atoms with Gasteiger partial charge in [0, 0.05) is 5.56 Å². The molecule has 0 bridgehead atoms. The van der Waals surface area contributed by atoms with Gasteiger partial charge in [0.2, 0.25) is 0 Å². The summed E-state index contributed by atoms with van der Waals surface area (Å²) < 4.78 is 25.0. The topological polar surface area (TPSA) is 55.8 Å². The summed E-state index contributed by atoms with van der Waals surface area (Å²) in [5.41, 5.74) is 3.24. The molecule has 1 saturated heterocycles. The predicted octanol–water partition coefficient (Wildman–Crippen LogP) is 7.53. The second-order valence-electron chi connectivity index (χ2n) is 9.03. The molecule has 0 N–H and O–H groups in total. The zero-order valence-electron chi connectivity index (χ0n) is 21.4. The lowest BCUT2D eigenvalue weighted by Gasteiger charge is -2.16. The Bertz CT molecular complexity index is 1590. The number of benzene rings is 4. The summed E-state index contributed by atoms with van der Waals surface area (Å²) >= 11 is 0.923. The fraction of sp³-hybridized carbons (Fsp3) is 0.125. The zero-order valence-corrected chi connectivity index (χ0v) is 22.2. The van der Waals surface area contributed by atoms with Crippen LogP contribution < -0.4 is 9.47 Å². The number of fused-ring (bicyclic) bond motifs is 1. The number of thioether (sulfide) groups is 1. The number of imide groups is 1. The van der Waals surface area contributed by atoms with E-state index in [1.54, 1.807) is 37.5 Å². The van der Waals surface area contributed by atoms with Crippen LogP contribution in [0.25, 0.3) is 16.8 Å². The van der Waals surface area contributed by atoms with Crippen molar-refractivity contribution in [2.45, 2.75) is 19.6 Å². The van der Waals surface area contributed by atoms with Crippen molar-refractivity contribution in [3.63, 3.8) is 0 Å². The van der Waals surface area contributed by atoms with Gasteiger partial charge in [-0.2, -0.15) is 0 Å². The minimum atomic E-state index is -0.334. The molecule has 0 spiro atoms. The van der Waals surface area contributed by atoms with Gasteiger partial charge in [-0.1, -0.05) is 60.7 Å². The fourth-order valence-corrected chi connectivity index (χ4v) is 5.35. The molecule has 7 heteroatoms. The number of halogens is 1. The maximum atomic E-state index is 13.3. The van der Waals surface area contributed by atoms with Crippen LogP contribution in [0.1, 0.15) is 22.3 Å². The molecular weight excluding hydrogens is 513 g/mol. The summed E-state index contributed by atoms with van der Waals surface area (Å²) in [6.07, 6.45) is 3.95. The molecule has 5 nitrogen and oxygen atoms in total. The van der Waals surface area contributed by atoms with E-state index in [9.17, 15) is 14.0 Å². The van der Waals surface area contributed by atoms with E-state index in [1.807, 2.05) is 48.5 Å². The minimum Gasteiger partial charge on any atom is -0.493 e.